The van der Waals surface area contributed by atoms with E-state index < -0.39 is 48.2 Å². The predicted molar refractivity (Wildman–Crippen MR) is 114 cm³/mol. The van der Waals surface area contributed by atoms with Gasteiger partial charge in [-0.1, -0.05) is 18.2 Å². The van der Waals surface area contributed by atoms with Crippen LogP contribution in [0.4, 0.5) is 0 Å². The van der Waals surface area contributed by atoms with E-state index in [1.807, 2.05) is 24.3 Å². The van der Waals surface area contributed by atoms with Crippen molar-refractivity contribution in [1.29, 1.82) is 0 Å². The number of aromatic nitrogens is 1. The summed E-state index contributed by atoms with van der Waals surface area (Å²) in [5.41, 5.74) is 12.0. The van der Waals surface area contributed by atoms with Crippen LogP contribution in [0.3, 0.4) is 0 Å². The molecule has 2 unspecified atom stereocenters. The number of aliphatic carboxylic acids is 1. The van der Waals surface area contributed by atoms with Gasteiger partial charge in [0.2, 0.25) is 23.6 Å². The molecule has 0 fully saturated rings. The number of carbonyl (C=O) groups excluding carboxylic acids is 4. The second-order valence-electron chi connectivity index (χ2n) is 7.07. The second kappa shape index (κ2) is 11.5. The van der Waals surface area contributed by atoms with Crippen molar-refractivity contribution in [3.63, 3.8) is 0 Å². The molecule has 172 valence electrons. The van der Waals surface area contributed by atoms with E-state index in [1.165, 1.54) is 0 Å². The SMILES string of the molecule is NCC(=O)NC(Cc1c[nH]c2ccccc12)C(=O)NCC(=O)NC(CCC(N)=O)C(=O)O. The lowest BCUT2D eigenvalue weighted by Crippen LogP contribution is -2.52. The number of hydrogen-bond donors (Lipinski definition) is 7. The molecular formula is C20H26N6O6. The van der Waals surface area contributed by atoms with Gasteiger partial charge in [0.25, 0.3) is 0 Å². The lowest BCUT2D eigenvalue weighted by Gasteiger charge is -2.19. The molecule has 1 aromatic heterocycles. The number of rotatable bonds is 12. The molecule has 1 aromatic carbocycles. The van der Waals surface area contributed by atoms with Crippen LogP contribution in [0.5, 0.6) is 0 Å². The Kier molecular flexibility index (Phi) is 8.72. The third-order valence-corrected chi connectivity index (χ3v) is 4.67. The van der Waals surface area contributed by atoms with Gasteiger partial charge in [0.15, 0.2) is 0 Å². The van der Waals surface area contributed by atoms with Crippen LogP contribution in [0, 0.1) is 0 Å². The molecule has 12 nitrogen and oxygen atoms in total. The van der Waals surface area contributed by atoms with Gasteiger partial charge >= 0.3 is 5.97 Å². The highest BCUT2D eigenvalue weighted by molar-refractivity contribution is 5.93. The van der Waals surface area contributed by atoms with E-state index in [4.69, 9.17) is 16.6 Å². The van der Waals surface area contributed by atoms with Gasteiger partial charge in [0.05, 0.1) is 13.1 Å². The molecule has 2 rings (SSSR count). The molecule has 1 heterocycles. The van der Waals surface area contributed by atoms with Crippen LogP contribution >= 0.6 is 0 Å². The van der Waals surface area contributed by atoms with Gasteiger partial charge in [-0.25, -0.2) is 4.79 Å². The Morgan fingerprint density at radius 2 is 1.72 bits per heavy atom. The van der Waals surface area contributed by atoms with Crippen molar-refractivity contribution in [2.45, 2.75) is 31.3 Å². The molecule has 2 aromatic rings. The molecule has 0 saturated carbocycles. The smallest absolute Gasteiger partial charge is 0.326 e. The molecule has 0 aliphatic heterocycles. The summed E-state index contributed by atoms with van der Waals surface area (Å²) >= 11 is 0. The summed E-state index contributed by atoms with van der Waals surface area (Å²) in [5, 5.41) is 17.1. The summed E-state index contributed by atoms with van der Waals surface area (Å²) in [6.45, 7) is -0.847. The summed E-state index contributed by atoms with van der Waals surface area (Å²) in [6.07, 6.45) is 1.46. The van der Waals surface area contributed by atoms with E-state index in [2.05, 4.69) is 20.9 Å². The summed E-state index contributed by atoms with van der Waals surface area (Å²) in [7, 11) is 0. The van der Waals surface area contributed by atoms with Gasteiger partial charge in [-0.15, -0.1) is 0 Å². The zero-order valence-electron chi connectivity index (χ0n) is 17.2. The Morgan fingerprint density at radius 3 is 2.38 bits per heavy atom. The molecule has 0 spiro atoms. The summed E-state index contributed by atoms with van der Waals surface area (Å²) in [6, 6.07) is 5.10. The van der Waals surface area contributed by atoms with Crippen molar-refractivity contribution in [2.75, 3.05) is 13.1 Å². The number of carboxylic acid groups (broad SMARTS) is 1. The number of fused-ring (bicyclic) bond motifs is 1. The fourth-order valence-corrected chi connectivity index (χ4v) is 3.06. The van der Waals surface area contributed by atoms with Gasteiger partial charge < -0.3 is 37.5 Å². The summed E-state index contributed by atoms with van der Waals surface area (Å²) in [5.74, 6) is -4.00. The Hall–Kier alpha value is -3.93. The minimum Gasteiger partial charge on any atom is -0.480 e. The molecule has 0 aliphatic rings. The number of hydrogen-bond acceptors (Lipinski definition) is 6. The number of carbonyl (C=O) groups is 5. The third kappa shape index (κ3) is 7.09. The number of amides is 4. The molecule has 0 bridgehead atoms. The standard InChI is InChI=1S/C20H26N6O6/c21-8-17(28)26-15(7-11-9-23-13-4-2-1-3-12(11)13)19(30)24-10-18(29)25-14(20(31)32)5-6-16(22)27/h1-4,9,14-15,23H,5-8,10,21H2,(H2,22,27)(H,24,30)(H,25,29)(H,26,28)(H,31,32). The Labute approximate surface area is 183 Å². The van der Waals surface area contributed by atoms with E-state index >= 15 is 0 Å². The minimum atomic E-state index is -1.33. The van der Waals surface area contributed by atoms with Crippen molar-refractivity contribution in [2.24, 2.45) is 11.5 Å². The maximum Gasteiger partial charge on any atom is 0.326 e. The van der Waals surface area contributed by atoms with Crippen molar-refractivity contribution in [3.05, 3.63) is 36.0 Å². The highest BCUT2D eigenvalue weighted by atomic mass is 16.4. The van der Waals surface area contributed by atoms with E-state index in [9.17, 15) is 24.0 Å². The van der Waals surface area contributed by atoms with Crippen LogP contribution in [0.1, 0.15) is 18.4 Å². The normalized spacial score (nSPS) is 12.5. The largest absolute Gasteiger partial charge is 0.480 e. The zero-order valence-corrected chi connectivity index (χ0v) is 17.2. The first-order valence-corrected chi connectivity index (χ1v) is 9.83. The van der Waals surface area contributed by atoms with Gasteiger partial charge in [0, 0.05) is 29.9 Å². The topological polar surface area (TPSA) is 209 Å². The molecule has 0 radical (unpaired) electrons. The fraction of sp³-hybridized carbons (Fsp3) is 0.350. The average Bonchev–Trinajstić information content (AvgIpc) is 3.16. The van der Waals surface area contributed by atoms with Gasteiger partial charge in [0.1, 0.15) is 12.1 Å². The van der Waals surface area contributed by atoms with Crippen LogP contribution in [-0.4, -0.2) is 64.9 Å². The summed E-state index contributed by atoms with van der Waals surface area (Å²) in [4.78, 5) is 61.7. The van der Waals surface area contributed by atoms with Crippen molar-refractivity contribution in [3.8, 4) is 0 Å². The quantitative estimate of drug-likeness (QED) is 0.197. The van der Waals surface area contributed by atoms with Crippen molar-refractivity contribution in [1.82, 2.24) is 20.9 Å². The maximum atomic E-state index is 12.7. The molecule has 9 N–H and O–H groups in total. The first kappa shape index (κ1) is 24.3. The average molecular weight is 446 g/mol. The maximum absolute atomic E-state index is 12.7. The first-order valence-electron chi connectivity index (χ1n) is 9.83. The third-order valence-electron chi connectivity index (χ3n) is 4.67. The van der Waals surface area contributed by atoms with Crippen LogP contribution in [0.15, 0.2) is 30.5 Å². The highest BCUT2D eigenvalue weighted by Crippen LogP contribution is 2.19. The monoisotopic (exact) mass is 446 g/mol. The molecule has 0 saturated heterocycles. The van der Waals surface area contributed by atoms with Gasteiger partial charge in [-0.05, 0) is 18.1 Å². The molecular weight excluding hydrogens is 420 g/mol. The number of nitrogens with one attached hydrogen (secondary N) is 4. The number of para-hydroxylation sites is 1. The number of aromatic amines is 1. The lowest BCUT2D eigenvalue weighted by molar-refractivity contribution is -0.142. The van der Waals surface area contributed by atoms with Crippen molar-refractivity contribution >= 4 is 40.5 Å². The number of carboxylic acids is 1. The predicted octanol–water partition coefficient (Wildman–Crippen LogP) is -1.89. The first-order chi connectivity index (χ1) is 15.2. The number of primary amides is 1. The second-order valence-corrected chi connectivity index (χ2v) is 7.07. The Bertz CT molecular complexity index is 1000. The molecule has 32 heavy (non-hydrogen) atoms. The fourth-order valence-electron chi connectivity index (χ4n) is 3.06. The Balaban J connectivity index is 2.01. The van der Waals surface area contributed by atoms with E-state index in [0.717, 1.165) is 16.5 Å². The van der Waals surface area contributed by atoms with Crippen LogP contribution in [0.25, 0.3) is 10.9 Å². The lowest BCUT2D eigenvalue weighted by atomic mass is 10.0. The molecule has 4 amide bonds. The summed E-state index contributed by atoms with van der Waals surface area (Å²) < 4.78 is 0. The van der Waals surface area contributed by atoms with Gasteiger partial charge in [-0.2, -0.15) is 0 Å². The highest BCUT2D eigenvalue weighted by Gasteiger charge is 2.24. The molecule has 2 atom stereocenters. The number of H-pyrrole nitrogens is 1. The Morgan fingerprint density at radius 1 is 1.03 bits per heavy atom. The van der Waals surface area contributed by atoms with E-state index in [0.29, 0.717) is 0 Å². The molecule has 12 heteroatoms. The van der Waals surface area contributed by atoms with Crippen molar-refractivity contribution < 1.29 is 29.1 Å². The van der Waals surface area contributed by atoms with Crippen LogP contribution < -0.4 is 27.4 Å². The zero-order chi connectivity index (χ0) is 23.7. The van der Waals surface area contributed by atoms with E-state index in [1.54, 1.807) is 6.20 Å². The van der Waals surface area contributed by atoms with E-state index in [-0.39, 0.29) is 25.8 Å². The molecule has 0 aliphatic carbocycles. The number of benzene rings is 1. The number of nitrogens with two attached hydrogens (primary N) is 2. The minimum absolute atomic E-state index is 0.138. The van der Waals surface area contributed by atoms with Crippen LogP contribution in [0.2, 0.25) is 0 Å². The van der Waals surface area contributed by atoms with Gasteiger partial charge in [-0.3, -0.25) is 19.2 Å². The van der Waals surface area contributed by atoms with Crippen LogP contribution in [-0.2, 0) is 30.4 Å².